The van der Waals surface area contributed by atoms with E-state index in [1.54, 1.807) is 24.3 Å². The van der Waals surface area contributed by atoms with E-state index in [-0.39, 0.29) is 17.5 Å². The molecule has 0 aromatic heterocycles. The molecule has 2 rings (SSSR count). The quantitative estimate of drug-likeness (QED) is 0.647. The van der Waals surface area contributed by atoms with E-state index in [0.29, 0.717) is 12.1 Å². The molecule has 0 spiro atoms. The molecule has 114 valence electrons. The Kier molecular flexibility index (Phi) is 5.27. The topological polar surface area (TPSA) is 72.2 Å². The third-order valence-corrected chi connectivity index (χ3v) is 3.88. The zero-order valence-corrected chi connectivity index (χ0v) is 13.5. The van der Waals surface area contributed by atoms with Crippen molar-refractivity contribution >= 4 is 27.5 Å². The first-order chi connectivity index (χ1) is 10.5. The number of nitro groups is 1. The lowest BCUT2D eigenvalue weighted by molar-refractivity contribution is -0.384. The van der Waals surface area contributed by atoms with Crippen molar-refractivity contribution in [1.82, 2.24) is 5.32 Å². The van der Waals surface area contributed by atoms with Gasteiger partial charge in [0, 0.05) is 28.7 Å². The molecule has 0 aliphatic rings. The number of benzene rings is 2. The van der Waals surface area contributed by atoms with Gasteiger partial charge in [0.15, 0.2) is 0 Å². The number of hydrogen-bond donors (Lipinski definition) is 1. The summed E-state index contributed by atoms with van der Waals surface area (Å²) in [6.45, 7) is 2.43. The summed E-state index contributed by atoms with van der Waals surface area (Å²) in [6, 6.07) is 13.5. The van der Waals surface area contributed by atoms with Gasteiger partial charge in [0.2, 0.25) is 0 Å². The first-order valence-corrected chi connectivity index (χ1v) is 7.55. The maximum Gasteiger partial charge on any atom is 0.269 e. The maximum absolute atomic E-state index is 12.0. The van der Waals surface area contributed by atoms with Gasteiger partial charge in [0.25, 0.3) is 11.6 Å². The number of nitro benzene ring substituents is 1. The van der Waals surface area contributed by atoms with Gasteiger partial charge in [-0.25, -0.2) is 0 Å². The Morgan fingerprint density at radius 3 is 2.32 bits per heavy atom. The molecule has 0 saturated carbocycles. The van der Waals surface area contributed by atoms with Crippen LogP contribution >= 0.6 is 15.9 Å². The molecule has 2 aromatic rings. The summed E-state index contributed by atoms with van der Waals surface area (Å²) in [5.41, 5.74) is 1.61. The molecule has 0 heterocycles. The number of carbonyl (C=O) groups is 1. The van der Waals surface area contributed by atoms with E-state index in [1.165, 1.54) is 12.1 Å². The first kappa shape index (κ1) is 16.2. The van der Waals surface area contributed by atoms with Crippen molar-refractivity contribution in [3.8, 4) is 0 Å². The number of halogens is 1. The average molecular weight is 363 g/mol. The highest BCUT2D eigenvalue weighted by Crippen LogP contribution is 2.19. The van der Waals surface area contributed by atoms with Gasteiger partial charge in [0.1, 0.15) is 0 Å². The minimum absolute atomic E-state index is 0.0647. The zero-order chi connectivity index (χ0) is 16.1. The molecule has 0 bridgehead atoms. The van der Waals surface area contributed by atoms with E-state index >= 15 is 0 Å². The Bertz CT molecular complexity index is 669. The van der Waals surface area contributed by atoms with Crippen molar-refractivity contribution in [2.24, 2.45) is 0 Å². The molecule has 0 radical (unpaired) electrons. The third kappa shape index (κ3) is 4.14. The molecule has 0 aliphatic carbocycles. The minimum atomic E-state index is -0.427. The van der Waals surface area contributed by atoms with Crippen LogP contribution in [0.1, 0.15) is 28.8 Å². The van der Waals surface area contributed by atoms with Crippen LogP contribution in [0.2, 0.25) is 0 Å². The van der Waals surface area contributed by atoms with Crippen molar-refractivity contribution in [2.75, 3.05) is 6.54 Å². The summed E-state index contributed by atoms with van der Waals surface area (Å²) in [5.74, 6) is -0.0681. The lowest BCUT2D eigenvalue weighted by Crippen LogP contribution is -2.27. The molecule has 1 amide bonds. The van der Waals surface area contributed by atoms with Crippen molar-refractivity contribution in [2.45, 2.75) is 12.8 Å². The summed E-state index contributed by atoms with van der Waals surface area (Å²) >= 11 is 3.32. The number of rotatable bonds is 5. The molecular formula is C16H15BrN2O3. The summed E-state index contributed by atoms with van der Waals surface area (Å²) < 4.78 is 0.920. The second-order valence-electron chi connectivity index (χ2n) is 4.97. The van der Waals surface area contributed by atoms with Crippen molar-refractivity contribution in [3.63, 3.8) is 0 Å². The Hall–Kier alpha value is -2.21. The Morgan fingerprint density at radius 2 is 1.77 bits per heavy atom. The number of nitrogens with one attached hydrogen (secondary N) is 1. The van der Waals surface area contributed by atoms with Crippen LogP contribution in [0, 0.1) is 10.1 Å². The van der Waals surface area contributed by atoms with Crippen LogP contribution in [-0.4, -0.2) is 17.4 Å². The van der Waals surface area contributed by atoms with Crippen LogP contribution in [0.4, 0.5) is 5.69 Å². The van der Waals surface area contributed by atoms with Gasteiger partial charge in [-0.1, -0.05) is 35.0 Å². The van der Waals surface area contributed by atoms with Crippen LogP contribution in [0.5, 0.6) is 0 Å². The third-order valence-electron chi connectivity index (χ3n) is 3.35. The fourth-order valence-electron chi connectivity index (χ4n) is 1.99. The highest BCUT2D eigenvalue weighted by Gasteiger charge is 2.11. The standard InChI is InChI=1S/C16H15BrN2O3/c1-11(12-4-8-15(9-5-12)19(21)22)10-18-16(20)13-2-6-14(17)7-3-13/h2-9,11H,10H2,1H3,(H,18,20). The fraction of sp³-hybridized carbons (Fsp3) is 0.188. The Balaban J connectivity index is 1.94. The number of non-ortho nitro benzene ring substituents is 1. The monoisotopic (exact) mass is 362 g/mol. The number of carbonyl (C=O) groups excluding carboxylic acids is 1. The summed E-state index contributed by atoms with van der Waals surface area (Å²) in [7, 11) is 0. The smallest absolute Gasteiger partial charge is 0.269 e. The van der Waals surface area contributed by atoms with E-state index in [9.17, 15) is 14.9 Å². The zero-order valence-electron chi connectivity index (χ0n) is 12.0. The van der Waals surface area contributed by atoms with E-state index < -0.39 is 4.92 Å². The molecule has 2 aromatic carbocycles. The summed E-state index contributed by atoms with van der Waals surface area (Å²) in [4.78, 5) is 22.2. The molecule has 1 N–H and O–H groups in total. The van der Waals surface area contributed by atoms with Gasteiger partial charge < -0.3 is 5.32 Å². The van der Waals surface area contributed by atoms with Gasteiger partial charge in [-0.3, -0.25) is 14.9 Å². The van der Waals surface area contributed by atoms with Gasteiger partial charge in [-0.2, -0.15) is 0 Å². The summed E-state index contributed by atoms with van der Waals surface area (Å²) in [6.07, 6.45) is 0. The highest BCUT2D eigenvalue weighted by molar-refractivity contribution is 9.10. The van der Waals surface area contributed by atoms with Gasteiger partial charge in [-0.15, -0.1) is 0 Å². The number of amides is 1. The maximum atomic E-state index is 12.0. The van der Waals surface area contributed by atoms with Crippen LogP contribution in [-0.2, 0) is 0 Å². The van der Waals surface area contributed by atoms with E-state index in [0.717, 1.165) is 10.0 Å². The van der Waals surface area contributed by atoms with E-state index in [4.69, 9.17) is 0 Å². The Labute approximate surface area is 136 Å². The van der Waals surface area contributed by atoms with Crippen LogP contribution in [0.3, 0.4) is 0 Å². The van der Waals surface area contributed by atoms with Crippen molar-refractivity contribution < 1.29 is 9.72 Å². The second-order valence-corrected chi connectivity index (χ2v) is 5.88. The number of nitrogens with zero attached hydrogens (tertiary/aromatic N) is 1. The molecule has 0 fully saturated rings. The van der Waals surface area contributed by atoms with Crippen molar-refractivity contribution in [3.05, 3.63) is 74.2 Å². The fourth-order valence-corrected chi connectivity index (χ4v) is 2.26. The molecular weight excluding hydrogens is 348 g/mol. The van der Waals surface area contributed by atoms with E-state index in [2.05, 4.69) is 21.2 Å². The first-order valence-electron chi connectivity index (χ1n) is 6.75. The average Bonchev–Trinajstić information content (AvgIpc) is 2.53. The number of hydrogen-bond acceptors (Lipinski definition) is 3. The molecule has 1 atom stereocenters. The van der Waals surface area contributed by atoms with Gasteiger partial charge in [0.05, 0.1) is 4.92 Å². The van der Waals surface area contributed by atoms with E-state index in [1.807, 2.05) is 19.1 Å². The molecule has 0 saturated heterocycles. The van der Waals surface area contributed by atoms with Gasteiger partial charge in [-0.05, 0) is 35.7 Å². The minimum Gasteiger partial charge on any atom is -0.351 e. The van der Waals surface area contributed by atoms with Crippen LogP contribution < -0.4 is 5.32 Å². The molecule has 0 aliphatic heterocycles. The largest absolute Gasteiger partial charge is 0.351 e. The normalized spacial score (nSPS) is 11.7. The Morgan fingerprint density at radius 1 is 1.18 bits per heavy atom. The highest BCUT2D eigenvalue weighted by atomic mass is 79.9. The predicted molar refractivity (Wildman–Crippen MR) is 88.0 cm³/mol. The van der Waals surface area contributed by atoms with Crippen molar-refractivity contribution in [1.29, 1.82) is 0 Å². The lowest BCUT2D eigenvalue weighted by atomic mass is 10.0. The van der Waals surface area contributed by atoms with Crippen LogP contribution in [0.25, 0.3) is 0 Å². The molecule has 6 heteroatoms. The second kappa shape index (κ2) is 7.17. The lowest BCUT2D eigenvalue weighted by Gasteiger charge is -2.13. The van der Waals surface area contributed by atoms with Gasteiger partial charge >= 0.3 is 0 Å². The molecule has 1 unspecified atom stereocenters. The van der Waals surface area contributed by atoms with Crippen LogP contribution in [0.15, 0.2) is 53.0 Å². The SMILES string of the molecule is CC(CNC(=O)c1ccc(Br)cc1)c1ccc([N+](=O)[O-])cc1. The summed E-state index contributed by atoms with van der Waals surface area (Å²) in [5, 5.41) is 13.5. The molecule has 5 nitrogen and oxygen atoms in total. The predicted octanol–water partition coefficient (Wildman–Crippen LogP) is 3.89. The molecule has 22 heavy (non-hydrogen) atoms.